The number of para-hydroxylation sites is 1. The van der Waals surface area contributed by atoms with Crippen LogP contribution in [-0.4, -0.2) is 12.0 Å². The Morgan fingerprint density at radius 2 is 2.00 bits per heavy atom. The summed E-state index contributed by atoms with van der Waals surface area (Å²) in [4.78, 5) is 12.2. The van der Waals surface area contributed by atoms with E-state index in [0.29, 0.717) is 16.5 Å². The van der Waals surface area contributed by atoms with Crippen LogP contribution in [-0.2, 0) is 4.79 Å². The Bertz CT molecular complexity index is 660. The smallest absolute Gasteiger partial charge is 0.265 e. The van der Waals surface area contributed by atoms with Crippen LogP contribution in [0.25, 0.3) is 0 Å². The minimum absolute atomic E-state index is 0.237. The number of benzene rings is 2. The molecule has 110 valence electrons. The Morgan fingerprint density at radius 1 is 1.29 bits per heavy atom. The summed E-state index contributed by atoms with van der Waals surface area (Å²) in [5, 5.41) is 3.30. The summed E-state index contributed by atoms with van der Waals surface area (Å²) in [5.41, 5.74) is 1.82. The predicted molar refractivity (Wildman–Crippen MR) is 89.1 cm³/mol. The number of anilines is 1. The SMILES string of the molecule is Cc1ccc(NC(=O)[C@H](C)Oc2ccccc2Cl)c(Br)c1. The molecule has 0 fully saturated rings. The second-order valence-corrected chi connectivity index (χ2v) is 5.92. The maximum Gasteiger partial charge on any atom is 0.265 e. The van der Waals surface area contributed by atoms with Gasteiger partial charge in [-0.2, -0.15) is 0 Å². The average Bonchev–Trinajstić information content (AvgIpc) is 2.44. The Hall–Kier alpha value is -1.52. The summed E-state index contributed by atoms with van der Waals surface area (Å²) in [6, 6.07) is 12.8. The average molecular weight is 369 g/mol. The summed E-state index contributed by atoms with van der Waals surface area (Å²) in [6.45, 7) is 3.67. The summed E-state index contributed by atoms with van der Waals surface area (Å²) >= 11 is 9.44. The first kappa shape index (κ1) is 15.9. The lowest BCUT2D eigenvalue weighted by molar-refractivity contribution is -0.122. The lowest BCUT2D eigenvalue weighted by Crippen LogP contribution is -2.30. The summed E-state index contributed by atoms with van der Waals surface area (Å²) in [7, 11) is 0. The molecule has 0 unspecified atom stereocenters. The zero-order valence-corrected chi connectivity index (χ0v) is 14.0. The standard InChI is InChI=1S/C16H15BrClNO2/c1-10-7-8-14(12(17)9-10)19-16(20)11(2)21-15-6-4-3-5-13(15)18/h3-9,11H,1-2H3,(H,19,20)/t11-/m0/s1. The first-order chi connectivity index (χ1) is 9.97. The van der Waals surface area contributed by atoms with E-state index in [0.717, 1.165) is 10.0 Å². The van der Waals surface area contributed by atoms with Crippen molar-refractivity contribution in [3.63, 3.8) is 0 Å². The minimum Gasteiger partial charge on any atom is -0.479 e. The molecule has 3 nitrogen and oxygen atoms in total. The lowest BCUT2D eigenvalue weighted by atomic mass is 10.2. The van der Waals surface area contributed by atoms with Gasteiger partial charge in [-0.25, -0.2) is 0 Å². The number of halogens is 2. The Morgan fingerprint density at radius 3 is 2.67 bits per heavy atom. The van der Waals surface area contributed by atoms with E-state index >= 15 is 0 Å². The topological polar surface area (TPSA) is 38.3 Å². The van der Waals surface area contributed by atoms with Crippen molar-refractivity contribution < 1.29 is 9.53 Å². The summed E-state index contributed by atoms with van der Waals surface area (Å²) in [6.07, 6.45) is -0.655. The maximum atomic E-state index is 12.2. The van der Waals surface area contributed by atoms with Crippen molar-refractivity contribution in [1.29, 1.82) is 0 Å². The zero-order valence-electron chi connectivity index (χ0n) is 11.7. The van der Waals surface area contributed by atoms with Crippen molar-refractivity contribution >= 4 is 39.1 Å². The number of ether oxygens (including phenoxy) is 1. The quantitative estimate of drug-likeness (QED) is 0.840. The molecule has 0 aliphatic carbocycles. The molecule has 1 amide bonds. The van der Waals surface area contributed by atoms with Crippen molar-refractivity contribution in [3.05, 3.63) is 57.5 Å². The molecule has 0 heterocycles. The number of carbonyl (C=O) groups excluding carboxylic acids is 1. The third-order valence-corrected chi connectivity index (χ3v) is 3.86. The van der Waals surface area contributed by atoms with Crippen LogP contribution in [0, 0.1) is 6.92 Å². The number of aryl methyl sites for hydroxylation is 1. The molecule has 0 saturated heterocycles. The molecule has 0 saturated carbocycles. The summed E-state index contributed by atoms with van der Waals surface area (Å²) in [5.74, 6) is 0.254. The second kappa shape index (κ2) is 6.96. The molecule has 0 aliphatic heterocycles. The van der Waals surface area contributed by atoms with Gasteiger partial charge in [0.05, 0.1) is 10.7 Å². The molecule has 0 spiro atoms. The molecule has 5 heteroatoms. The molecular formula is C16H15BrClNO2. The predicted octanol–water partition coefficient (Wildman–Crippen LogP) is 4.82. The van der Waals surface area contributed by atoms with Gasteiger partial charge in [-0.05, 0) is 59.6 Å². The first-order valence-electron chi connectivity index (χ1n) is 6.45. The molecular weight excluding hydrogens is 354 g/mol. The van der Waals surface area contributed by atoms with Gasteiger partial charge in [0.2, 0.25) is 0 Å². The third-order valence-electron chi connectivity index (χ3n) is 2.89. The maximum absolute atomic E-state index is 12.2. The van der Waals surface area contributed by atoms with Crippen LogP contribution >= 0.6 is 27.5 Å². The highest BCUT2D eigenvalue weighted by Crippen LogP contribution is 2.26. The zero-order chi connectivity index (χ0) is 15.4. The van der Waals surface area contributed by atoms with Crippen molar-refractivity contribution in [1.82, 2.24) is 0 Å². The molecule has 0 aliphatic rings. The van der Waals surface area contributed by atoms with Gasteiger partial charge < -0.3 is 10.1 Å². The Kier molecular flexibility index (Phi) is 5.26. The van der Waals surface area contributed by atoms with Gasteiger partial charge in [0, 0.05) is 4.47 Å². The van der Waals surface area contributed by atoms with Gasteiger partial charge in [0.25, 0.3) is 5.91 Å². The van der Waals surface area contributed by atoms with Gasteiger partial charge in [0.1, 0.15) is 5.75 Å². The number of carbonyl (C=O) groups is 1. The van der Waals surface area contributed by atoms with Gasteiger partial charge in [-0.3, -0.25) is 4.79 Å². The fourth-order valence-electron chi connectivity index (χ4n) is 1.74. The van der Waals surface area contributed by atoms with Gasteiger partial charge >= 0.3 is 0 Å². The largest absolute Gasteiger partial charge is 0.479 e. The molecule has 0 radical (unpaired) electrons. The number of amides is 1. The van der Waals surface area contributed by atoms with E-state index in [-0.39, 0.29) is 5.91 Å². The van der Waals surface area contributed by atoms with E-state index in [1.165, 1.54) is 0 Å². The molecule has 0 bridgehead atoms. The summed E-state index contributed by atoms with van der Waals surface area (Å²) < 4.78 is 6.42. The van der Waals surface area contributed by atoms with Crippen molar-refractivity contribution in [2.75, 3.05) is 5.32 Å². The number of rotatable bonds is 4. The van der Waals surface area contributed by atoms with E-state index in [4.69, 9.17) is 16.3 Å². The molecule has 21 heavy (non-hydrogen) atoms. The van der Waals surface area contributed by atoms with Crippen molar-refractivity contribution in [3.8, 4) is 5.75 Å². The number of hydrogen-bond donors (Lipinski definition) is 1. The van der Waals surface area contributed by atoms with Crippen LogP contribution in [0.2, 0.25) is 5.02 Å². The highest BCUT2D eigenvalue weighted by atomic mass is 79.9. The third kappa shape index (κ3) is 4.22. The fraction of sp³-hybridized carbons (Fsp3) is 0.188. The van der Waals surface area contributed by atoms with E-state index in [1.807, 2.05) is 37.3 Å². The van der Waals surface area contributed by atoms with Crippen LogP contribution < -0.4 is 10.1 Å². The molecule has 2 rings (SSSR count). The highest BCUT2D eigenvalue weighted by molar-refractivity contribution is 9.10. The van der Waals surface area contributed by atoms with Crippen LogP contribution in [0.15, 0.2) is 46.9 Å². The monoisotopic (exact) mass is 367 g/mol. The fourth-order valence-corrected chi connectivity index (χ4v) is 2.51. The molecule has 0 aromatic heterocycles. The van der Waals surface area contributed by atoms with Gasteiger partial charge in [0.15, 0.2) is 6.10 Å². The van der Waals surface area contributed by atoms with Crippen molar-refractivity contribution in [2.45, 2.75) is 20.0 Å². The number of nitrogens with one attached hydrogen (secondary N) is 1. The molecule has 2 aromatic carbocycles. The van der Waals surface area contributed by atoms with Gasteiger partial charge in [-0.15, -0.1) is 0 Å². The van der Waals surface area contributed by atoms with Crippen molar-refractivity contribution in [2.24, 2.45) is 0 Å². The first-order valence-corrected chi connectivity index (χ1v) is 7.62. The Balaban J connectivity index is 2.04. The molecule has 1 atom stereocenters. The van der Waals surface area contributed by atoms with E-state index in [2.05, 4.69) is 21.2 Å². The van der Waals surface area contributed by atoms with E-state index < -0.39 is 6.10 Å². The van der Waals surface area contributed by atoms with Crippen LogP contribution in [0.3, 0.4) is 0 Å². The molecule has 2 aromatic rings. The minimum atomic E-state index is -0.655. The normalized spacial score (nSPS) is 11.8. The number of hydrogen-bond acceptors (Lipinski definition) is 2. The highest BCUT2D eigenvalue weighted by Gasteiger charge is 2.17. The van der Waals surface area contributed by atoms with Crippen LogP contribution in [0.5, 0.6) is 5.75 Å². The van der Waals surface area contributed by atoms with Crippen LogP contribution in [0.1, 0.15) is 12.5 Å². The van der Waals surface area contributed by atoms with E-state index in [1.54, 1.807) is 19.1 Å². The van der Waals surface area contributed by atoms with Crippen LogP contribution in [0.4, 0.5) is 5.69 Å². The molecule has 1 N–H and O–H groups in total. The van der Waals surface area contributed by atoms with E-state index in [9.17, 15) is 4.79 Å². The van der Waals surface area contributed by atoms with Gasteiger partial charge in [-0.1, -0.05) is 29.8 Å². The second-order valence-electron chi connectivity index (χ2n) is 4.66. The Labute approximate surface area is 137 Å². The lowest BCUT2D eigenvalue weighted by Gasteiger charge is -2.16.